The average molecular weight is 332 g/mol. The normalized spacial score (nSPS) is 14.7. The SMILES string of the molecule is C[C@H](NCc1cc(Br)cc2c1OCC2)c1ccccc1. The highest BCUT2D eigenvalue weighted by Gasteiger charge is 2.17. The molecule has 1 N–H and O–H groups in total. The predicted molar refractivity (Wildman–Crippen MR) is 85.0 cm³/mol. The summed E-state index contributed by atoms with van der Waals surface area (Å²) in [6, 6.07) is 15.1. The maximum absolute atomic E-state index is 5.76. The van der Waals surface area contributed by atoms with Gasteiger partial charge in [-0.15, -0.1) is 0 Å². The first kappa shape index (κ1) is 13.7. The van der Waals surface area contributed by atoms with E-state index < -0.39 is 0 Å². The number of halogens is 1. The van der Waals surface area contributed by atoms with E-state index in [1.54, 1.807) is 0 Å². The molecule has 20 heavy (non-hydrogen) atoms. The summed E-state index contributed by atoms with van der Waals surface area (Å²) in [7, 11) is 0. The summed E-state index contributed by atoms with van der Waals surface area (Å²) in [4.78, 5) is 0. The fraction of sp³-hybridized carbons (Fsp3) is 0.294. The Morgan fingerprint density at radius 2 is 2.05 bits per heavy atom. The topological polar surface area (TPSA) is 21.3 Å². The Labute approximate surface area is 128 Å². The van der Waals surface area contributed by atoms with Crippen molar-refractivity contribution in [2.24, 2.45) is 0 Å². The van der Waals surface area contributed by atoms with Crippen LogP contribution in [0, 0.1) is 0 Å². The molecular weight excluding hydrogens is 314 g/mol. The molecule has 2 aromatic carbocycles. The van der Waals surface area contributed by atoms with E-state index in [0.29, 0.717) is 6.04 Å². The summed E-state index contributed by atoms with van der Waals surface area (Å²) in [5.41, 5.74) is 3.85. The summed E-state index contributed by atoms with van der Waals surface area (Å²) in [6.07, 6.45) is 1.01. The maximum Gasteiger partial charge on any atom is 0.127 e. The molecule has 0 fully saturated rings. The number of rotatable bonds is 4. The van der Waals surface area contributed by atoms with Crippen LogP contribution in [0.15, 0.2) is 46.9 Å². The smallest absolute Gasteiger partial charge is 0.127 e. The van der Waals surface area contributed by atoms with Crippen molar-refractivity contribution < 1.29 is 4.74 Å². The number of nitrogens with one attached hydrogen (secondary N) is 1. The fourth-order valence-electron chi connectivity index (χ4n) is 2.60. The van der Waals surface area contributed by atoms with Gasteiger partial charge in [0.15, 0.2) is 0 Å². The molecule has 0 bridgehead atoms. The minimum absolute atomic E-state index is 0.326. The molecule has 0 saturated carbocycles. The number of hydrogen-bond donors (Lipinski definition) is 1. The van der Waals surface area contributed by atoms with Crippen molar-refractivity contribution in [3.8, 4) is 5.75 Å². The third-order valence-corrected chi connectivity index (χ3v) is 4.18. The van der Waals surface area contributed by atoms with Crippen LogP contribution in [0.4, 0.5) is 0 Å². The van der Waals surface area contributed by atoms with E-state index in [2.05, 4.69) is 64.6 Å². The van der Waals surface area contributed by atoms with Crippen molar-refractivity contribution >= 4 is 15.9 Å². The highest BCUT2D eigenvalue weighted by molar-refractivity contribution is 9.10. The van der Waals surface area contributed by atoms with Crippen molar-refractivity contribution in [2.75, 3.05) is 6.61 Å². The molecule has 0 saturated heterocycles. The minimum atomic E-state index is 0.326. The molecule has 1 aliphatic heterocycles. The molecule has 0 unspecified atom stereocenters. The van der Waals surface area contributed by atoms with Crippen LogP contribution in [-0.2, 0) is 13.0 Å². The van der Waals surface area contributed by atoms with Crippen LogP contribution < -0.4 is 10.1 Å². The maximum atomic E-state index is 5.76. The van der Waals surface area contributed by atoms with Crippen LogP contribution in [0.25, 0.3) is 0 Å². The lowest BCUT2D eigenvalue weighted by Gasteiger charge is -2.16. The van der Waals surface area contributed by atoms with Gasteiger partial charge >= 0.3 is 0 Å². The van der Waals surface area contributed by atoms with Gasteiger partial charge in [0.25, 0.3) is 0 Å². The first-order chi connectivity index (χ1) is 9.74. The van der Waals surface area contributed by atoms with Gasteiger partial charge in [-0.1, -0.05) is 46.3 Å². The summed E-state index contributed by atoms with van der Waals surface area (Å²) in [6.45, 7) is 3.80. The van der Waals surface area contributed by atoms with Gasteiger partial charge < -0.3 is 10.1 Å². The molecule has 3 heteroatoms. The third kappa shape index (κ3) is 2.89. The molecule has 1 heterocycles. The molecule has 2 nitrogen and oxygen atoms in total. The molecule has 0 radical (unpaired) electrons. The Morgan fingerprint density at radius 3 is 2.85 bits per heavy atom. The van der Waals surface area contributed by atoms with Crippen molar-refractivity contribution in [1.29, 1.82) is 0 Å². The Balaban J connectivity index is 1.73. The fourth-order valence-corrected chi connectivity index (χ4v) is 3.15. The number of fused-ring (bicyclic) bond motifs is 1. The Morgan fingerprint density at radius 1 is 1.25 bits per heavy atom. The van der Waals surface area contributed by atoms with Crippen molar-refractivity contribution in [3.05, 3.63) is 63.6 Å². The lowest BCUT2D eigenvalue weighted by molar-refractivity contribution is 0.351. The molecule has 0 aromatic heterocycles. The first-order valence-electron chi connectivity index (χ1n) is 6.96. The van der Waals surface area contributed by atoms with Crippen molar-refractivity contribution in [2.45, 2.75) is 25.9 Å². The van der Waals surface area contributed by atoms with Gasteiger partial charge in [-0.25, -0.2) is 0 Å². The zero-order valence-electron chi connectivity index (χ0n) is 11.5. The van der Waals surface area contributed by atoms with Crippen LogP contribution >= 0.6 is 15.9 Å². The highest BCUT2D eigenvalue weighted by atomic mass is 79.9. The zero-order chi connectivity index (χ0) is 13.9. The van der Waals surface area contributed by atoms with Gasteiger partial charge in [0, 0.05) is 29.0 Å². The number of benzene rings is 2. The van der Waals surface area contributed by atoms with Gasteiger partial charge in [0.2, 0.25) is 0 Å². The molecule has 1 atom stereocenters. The molecule has 3 rings (SSSR count). The van der Waals surface area contributed by atoms with E-state index in [1.165, 1.54) is 16.7 Å². The predicted octanol–water partition coefficient (Wildman–Crippen LogP) is 4.23. The minimum Gasteiger partial charge on any atom is -0.493 e. The largest absolute Gasteiger partial charge is 0.493 e. The molecular formula is C17H18BrNO. The highest BCUT2D eigenvalue weighted by Crippen LogP contribution is 2.33. The summed E-state index contributed by atoms with van der Waals surface area (Å²) in [5, 5.41) is 3.57. The second kappa shape index (κ2) is 5.98. The van der Waals surface area contributed by atoms with E-state index in [4.69, 9.17) is 4.74 Å². The van der Waals surface area contributed by atoms with Gasteiger partial charge in [-0.05, 0) is 30.2 Å². The third-order valence-electron chi connectivity index (χ3n) is 3.72. The standard InChI is InChI=1S/C17H18BrNO/c1-12(13-5-3-2-4-6-13)19-11-15-10-16(18)9-14-7-8-20-17(14)15/h2-6,9-10,12,19H,7-8,11H2,1H3/t12-/m0/s1. The summed E-state index contributed by atoms with van der Waals surface area (Å²) < 4.78 is 6.89. The van der Waals surface area contributed by atoms with Crippen molar-refractivity contribution in [1.82, 2.24) is 5.32 Å². The lowest BCUT2D eigenvalue weighted by atomic mass is 10.1. The summed E-state index contributed by atoms with van der Waals surface area (Å²) in [5.74, 6) is 1.07. The lowest BCUT2D eigenvalue weighted by Crippen LogP contribution is -2.18. The second-order valence-corrected chi connectivity index (χ2v) is 6.08. The van der Waals surface area contributed by atoms with Crippen molar-refractivity contribution in [3.63, 3.8) is 0 Å². The monoisotopic (exact) mass is 331 g/mol. The first-order valence-corrected chi connectivity index (χ1v) is 7.76. The van der Waals surface area contributed by atoms with Crippen LogP contribution in [0.5, 0.6) is 5.75 Å². The van der Waals surface area contributed by atoms with Crippen LogP contribution in [-0.4, -0.2) is 6.61 Å². The van der Waals surface area contributed by atoms with Crippen LogP contribution in [0.1, 0.15) is 29.7 Å². The molecule has 1 aliphatic rings. The van der Waals surface area contributed by atoms with E-state index in [-0.39, 0.29) is 0 Å². The van der Waals surface area contributed by atoms with Crippen LogP contribution in [0.3, 0.4) is 0 Å². The molecule has 0 amide bonds. The van der Waals surface area contributed by atoms with E-state index in [9.17, 15) is 0 Å². The Kier molecular flexibility index (Phi) is 4.08. The summed E-state index contributed by atoms with van der Waals surface area (Å²) >= 11 is 3.58. The second-order valence-electron chi connectivity index (χ2n) is 5.16. The quantitative estimate of drug-likeness (QED) is 0.904. The number of ether oxygens (including phenoxy) is 1. The average Bonchev–Trinajstić information content (AvgIpc) is 2.93. The van der Waals surface area contributed by atoms with Gasteiger partial charge in [-0.2, -0.15) is 0 Å². The van der Waals surface area contributed by atoms with Gasteiger partial charge in [-0.3, -0.25) is 0 Å². The zero-order valence-corrected chi connectivity index (χ0v) is 13.1. The molecule has 104 valence electrons. The molecule has 0 aliphatic carbocycles. The Bertz CT molecular complexity index is 597. The van der Waals surface area contributed by atoms with E-state index in [1.807, 2.05) is 6.07 Å². The van der Waals surface area contributed by atoms with Crippen LogP contribution in [0.2, 0.25) is 0 Å². The molecule has 2 aromatic rings. The van der Waals surface area contributed by atoms with Gasteiger partial charge in [0.1, 0.15) is 5.75 Å². The van der Waals surface area contributed by atoms with E-state index >= 15 is 0 Å². The van der Waals surface area contributed by atoms with Gasteiger partial charge in [0.05, 0.1) is 6.61 Å². The Hall–Kier alpha value is -1.32. The molecule has 0 spiro atoms. The number of hydrogen-bond acceptors (Lipinski definition) is 2. The van der Waals surface area contributed by atoms with E-state index in [0.717, 1.165) is 29.8 Å².